The third-order valence-corrected chi connectivity index (χ3v) is 5.37. The molecule has 1 nitrogen and oxygen atoms in total. The molecule has 0 aliphatic carbocycles. The van der Waals surface area contributed by atoms with Crippen LogP contribution in [0.3, 0.4) is 0 Å². The average molecular weight is 314 g/mol. The Hall–Kier alpha value is -1.20. The van der Waals surface area contributed by atoms with Crippen molar-refractivity contribution in [1.29, 1.82) is 0 Å². The van der Waals surface area contributed by atoms with Crippen molar-refractivity contribution in [3.05, 3.63) is 29.8 Å². The van der Waals surface area contributed by atoms with Gasteiger partial charge in [-0.3, -0.25) is 0 Å². The van der Waals surface area contributed by atoms with E-state index in [1.165, 1.54) is 24.9 Å². The Morgan fingerprint density at radius 3 is 1.86 bits per heavy atom. The van der Waals surface area contributed by atoms with Gasteiger partial charge in [-0.2, -0.15) is 0 Å². The number of hydrogen-bond donors (Lipinski definition) is 0. The van der Waals surface area contributed by atoms with Gasteiger partial charge in [0.05, 0.1) is 0 Å². The lowest BCUT2D eigenvalue weighted by atomic mass is 9.79. The quantitative estimate of drug-likeness (QED) is 0.491. The Balaban J connectivity index is 2.30. The molecule has 0 saturated carbocycles. The Labute approximate surface area is 138 Å². The summed E-state index contributed by atoms with van der Waals surface area (Å²) in [4.78, 5) is 2.61. The molecule has 0 aromatic heterocycles. The second-order valence-corrected chi connectivity index (χ2v) is 13.6. The Morgan fingerprint density at radius 1 is 0.909 bits per heavy atom. The number of hydrogen-bond acceptors (Lipinski definition) is 1. The van der Waals surface area contributed by atoms with Crippen molar-refractivity contribution in [2.45, 2.75) is 77.7 Å². The SMILES string of the molecule is CC1(C)CCCC(C)(C)N1c1ccc(C#C[Si](C)(C)C)cc1. The molecule has 0 spiro atoms. The fourth-order valence-electron chi connectivity index (χ4n) is 3.65. The maximum atomic E-state index is 3.44. The zero-order valence-electron chi connectivity index (χ0n) is 15.4. The van der Waals surface area contributed by atoms with E-state index in [4.69, 9.17) is 0 Å². The van der Waals surface area contributed by atoms with Crippen LogP contribution in [-0.4, -0.2) is 19.2 Å². The van der Waals surface area contributed by atoms with Gasteiger partial charge in [-0.15, -0.1) is 5.54 Å². The molecule has 2 rings (SSSR count). The van der Waals surface area contributed by atoms with Gasteiger partial charge in [0, 0.05) is 22.3 Å². The molecule has 0 atom stereocenters. The van der Waals surface area contributed by atoms with Crippen molar-refractivity contribution in [2.75, 3.05) is 4.90 Å². The highest BCUT2D eigenvalue weighted by Crippen LogP contribution is 2.41. The largest absolute Gasteiger partial charge is 0.361 e. The topological polar surface area (TPSA) is 3.24 Å². The third-order valence-electron chi connectivity index (χ3n) is 4.50. The predicted octanol–water partition coefficient (Wildman–Crippen LogP) is 5.46. The van der Waals surface area contributed by atoms with Crippen LogP contribution in [0.4, 0.5) is 5.69 Å². The minimum absolute atomic E-state index is 0.216. The molecule has 1 heterocycles. The highest BCUT2D eigenvalue weighted by atomic mass is 28.3. The van der Waals surface area contributed by atoms with Crippen LogP contribution in [-0.2, 0) is 0 Å². The third kappa shape index (κ3) is 3.96. The lowest BCUT2D eigenvalue weighted by molar-refractivity contribution is 0.244. The van der Waals surface area contributed by atoms with Crippen molar-refractivity contribution in [3.63, 3.8) is 0 Å². The zero-order chi connectivity index (χ0) is 16.6. The van der Waals surface area contributed by atoms with Gasteiger partial charge in [0.2, 0.25) is 0 Å². The first-order chi connectivity index (χ1) is 10.0. The van der Waals surface area contributed by atoms with Crippen LogP contribution in [0.2, 0.25) is 19.6 Å². The van der Waals surface area contributed by atoms with E-state index < -0.39 is 8.07 Å². The second kappa shape index (κ2) is 5.78. The van der Waals surface area contributed by atoms with E-state index in [2.05, 4.69) is 88.0 Å². The van der Waals surface area contributed by atoms with E-state index in [-0.39, 0.29) is 11.1 Å². The first kappa shape index (κ1) is 17.2. The summed E-state index contributed by atoms with van der Waals surface area (Å²) < 4.78 is 0. The Morgan fingerprint density at radius 2 is 1.41 bits per heavy atom. The van der Waals surface area contributed by atoms with Crippen molar-refractivity contribution < 1.29 is 0 Å². The average Bonchev–Trinajstić information content (AvgIpc) is 2.34. The monoisotopic (exact) mass is 313 g/mol. The summed E-state index contributed by atoms with van der Waals surface area (Å²) in [6.45, 7) is 16.3. The van der Waals surface area contributed by atoms with Crippen LogP contribution < -0.4 is 4.90 Å². The molecule has 1 saturated heterocycles. The van der Waals surface area contributed by atoms with E-state index in [0.717, 1.165) is 5.56 Å². The van der Waals surface area contributed by atoms with Crippen LogP contribution in [0.1, 0.15) is 52.5 Å². The minimum Gasteiger partial charge on any atom is -0.361 e. The van der Waals surface area contributed by atoms with Crippen LogP contribution in [0, 0.1) is 11.5 Å². The molecule has 120 valence electrons. The van der Waals surface area contributed by atoms with Gasteiger partial charge in [-0.1, -0.05) is 25.6 Å². The van der Waals surface area contributed by atoms with Crippen LogP contribution in [0.25, 0.3) is 0 Å². The summed E-state index contributed by atoms with van der Waals surface area (Å²) in [7, 11) is -1.30. The molecule has 22 heavy (non-hydrogen) atoms. The van der Waals surface area contributed by atoms with E-state index in [0.29, 0.717) is 0 Å². The Kier molecular flexibility index (Phi) is 4.50. The first-order valence-corrected chi connectivity index (χ1v) is 11.9. The number of nitrogens with zero attached hydrogens (tertiary/aromatic N) is 1. The van der Waals surface area contributed by atoms with E-state index >= 15 is 0 Å². The van der Waals surface area contributed by atoms with E-state index in [1.807, 2.05) is 0 Å². The van der Waals surface area contributed by atoms with Crippen molar-refractivity contribution in [2.24, 2.45) is 0 Å². The molecule has 0 radical (unpaired) electrons. The van der Waals surface area contributed by atoms with Gasteiger partial charge in [0.1, 0.15) is 8.07 Å². The second-order valence-electron chi connectivity index (χ2n) is 8.86. The molecule has 2 heteroatoms. The summed E-state index contributed by atoms with van der Waals surface area (Å²) in [6, 6.07) is 8.87. The van der Waals surface area contributed by atoms with Gasteiger partial charge in [-0.05, 0) is 71.2 Å². The molecule has 0 unspecified atom stereocenters. The fraction of sp³-hybridized carbons (Fsp3) is 0.600. The maximum Gasteiger partial charge on any atom is 0.129 e. The summed E-state index contributed by atoms with van der Waals surface area (Å²) in [5.74, 6) is 3.35. The van der Waals surface area contributed by atoms with Gasteiger partial charge >= 0.3 is 0 Å². The lowest BCUT2D eigenvalue weighted by Gasteiger charge is -2.54. The predicted molar refractivity (Wildman–Crippen MR) is 101 cm³/mol. The number of benzene rings is 1. The molecule has 1 aromatic carbocycles. The molecule has 1 aromatic rings. The van der Waals surface area contributed by atoms with Crippen LogP contribution in [0.5, 0.6) is 0 Å². The number of anilines is 1. The molecule has 0 amide bonds. The smallest absolute Gasteiger partial charge is 0.129 e. The van der Waals surface area contributed by atoms with Crippen molar-refractivity contribution >= 4 is 13.8 Å². The first-order valence-electron chi connectivity index (χ1n) is 8.45. The number of piperidine rings is 1. The van der Waals surface area contributed by atoms with Crippen LogP contribution >= 0.6 is 0 Å². The summed E-state index contributed by atoms with van der Waals surface area (Å²) in [5, 5.41) is 0. The summed E-state index contributed by atoms with van der Waals surface area (Å²) >= 11 is 0. The van der Waals surface area contributed by atoms with Gasteiger partial charge in [0.15, 0.2) is 0 Å². The van der Waals surface area contributed by atoms with Crippen LogP contribution in [0.15, 0.2) is 24.3 Å². The fourth-order valence-corrected chi connectivity index (χ4v) is 4.17. The van der Waals surface area contributed by atoms with Gasteiger partial charge in [-0.25, -0.2) is 0 Å². The lowest BCUT2D eigenvalue weighted by Crippen LogP contribution is -2.58. The number of rotatable bonds is 1. The maximum absolute atomic E-state index is 3.44. The van der Waals surface area contributed by atoms with Crippen molar-refractivity contribution in [3.8, 4) is 11.5 Å². The molecule has 0 bridgehead atoms. The molecular formula is C20H31NSi. The standard InChI is InChI=1S/C20H31NSi/c1-19(2)14-8-15-20(3,4)21(19)18-11-9-17(10-12-18)13-16-22(5,6)7/h9-12H,8,14-15H2,1-7H3. The summed E-state index contributed by atoms with van der Waals surface area (Å²) in [6.07, 6.45) is 3.83. The molecule has 1 fully saturated rings. The molecule has 0 N–H and O–H groups in total. The highest BCUT2D eigenvalue weighted by molar-refractivity contribution is 6.83. The zero-order valence-corrected chi connectivity index (χ0v) is 16.4. The van der Waals surface area contributed by atoms with Gasteiger partial charge < -0.3 is 4.90 Å². The highest BCUT2D eigenvalue weighted by Gasteiger charge is 2.41. The van der Waals surface area contributed by atoms with Crippen molar-refractivity contribution in [1.82, 2.24) is 0 Å². The molecule has 1 aliphatic heterocycles. The molecule has 1 aliphatic rings. The Bertz CT molecular complexity index is 563. The van der Waals surface area contributed by atoms with E-state index in [1.54, 1.807) is 0 Å². The normalized spacial score (nSPS) is 20.2. The van der Waals surface area contributed by atoms with Gasteiger partial charge in [0.25, 0.3) is 0 Å². The summed E-state index contributed by atoms with van der Waals surface area (Å²) in [5.41, 5.74) is 6.34. The molecular weight excluding hydrogens is 282 g/mol. The minimum atomic E-state index is -1.30. The van der Waals surface area contributed by atoms with E-state index in [9.17, 15) is 0 Å².